The first-order valence-corrected chi connectivity index (χ1v) is 12.1. The Kier molecular flexibility index (Phi) is 6.17. The Hall–Kier alpha value is -3.49. The number of aromatic nitrogens is 3. The number of H-pyrrole nitrogens is 1. The Morgan fingerprint density at radius 1 is 1.11 bits per heavy atom. The molecule has 2 aliphatic rings. The Balaban J connectivity index is 1.47. The molecule has 2 aliphatic carbocycles. The maximum Gasteiger partial charge on any atom is 0.255 e. The molecule has 8 nitrogen and oxygen atoms in total. The minimum atomic E-state index is -0.397. The van der Waals surface area contributed by atoms with Gasteiger partial charge in [0.05, 0.1) is 23.3 Å². The van der Waals surface area contributed by atoms with Gasteiger partial charge in [0.15, 0.2) is 0 Å². The van der Waals surface area contributed by atoms with Gasteiger partial charge in [-0.2, -0.15) is 0 Å². The van der Waals surface area contributed by atoms with E-state index in [1.165, 1.54) is 13.3 Å². The van der Waals surface area contributed by atoms with Gasteiger partial charge in [0, 0.05) is 24.7 Å². The number of aryl methyl sites for hydroxylation is 2. The van der Waals surface area contributed by atoms with Crippen LogP contribution in [-0.2, 0) is 4.79 Å². The lowest BCUT2D eigenvalue weighted by atomic mass is 10.0. The molecular formula is C26H30FN5O3. The standard InChI is InChI=1S/C26H30FN5O3/c1-13-4-9-19(35-11-16-5-6-16)21(22(13)27)24-25-23(28-12-29-24)20(14(2)30-25)26(34)32-18-8-7-17(10-18)31-15(3)33/h4,9,12,16-18,30H,5-8,10-11H2,1-3H3,(H,31,33)(H,32,34). The average molecular weight is 480 g/mol. The molecule has 35 heavy (non-hydrogen) atoms. The fourth-order valence-electron chi connectivity index (χ4n) is 4.87. The number of carbonyl (C=O) groups excluding carboxylic acids is 2. The molecule has 2 saturated carbocycles. The van der Waals surface area contributed by atoms with E-state index >= 15 is 4.39 Å². The summed E-state index contributed by atoms with van der Waals surface area (Å²) >= 11 is 0. The van der Waals surface area contributed by atoms with Gasteiger partial charge in [0.1, 0.15) is 29.1 Å². The molecule has 2 aromatic heterocycles. The van der Waals surface area contributed by atoms with E-state index < -0.39 is 5.82 Å². The first kappa shape index (κ1) is 23.3. The molecule has 2 unspecified atom stereocenters. The Labute approximate surface area is 203 Å². The zero-order chi connectivity index (χ0) is 24.7. The summed E-state index contributed by atoms with van der Waals surface area (Å²) < 4.78 is 21.4. The number of nitrogens with zero attached hydrogens (tertiary/aromatic N) is 2. The monoisotopic (exact) mass is 479 g/mol. The number of ether oxygens (including phenoxy) is 1. The molecule has 2 heterocycles. The summed E-state index contributed by atoms with van der Waals surface area (Å²) in [5, 5.41) is 6.00. The predicted octanol–water partition coefficient (Wildman–Crippen LogP) is 3.96. The molecule has 0 saturated heterocycles. The van der Waals surface area contributed by atoms with E-state index in [1.807, 2.05) is 0 Å². The molecule has 9 heteroatoms. The van der Waals surface area contributed by atoms with Crippen LogP contribution in [0, 0.1) is 25.6 Å². The maximum absolute atomic E-state index is 15.4. The summed E-state index contributed by atoms with van der Waals surface area (Å²) in [4.78, 5) is 36.6. The Morgan fingerprint density at radius 3 is 2.57 bits per heavy atom. The molecule has 2 fully saturated rings. The van der Waals surface area contributed by atoms with Crippen molar-refractivity contribution in [3.05, 3.63) is 41.1 Å². The molecule has 3 aromatic rings. The minimum absolute atomic E-state index is 0.0401. The van der Waals surface area contributed by atoms with Crippen molar-refractivity contribution < 1.29 is 18.7 Å². The number of hydrogen-bond donors (Lipinski definition) is 3. The smallest absolute Gasteiger partial charge is 0.255 e. The third-order valence-corrected chi connectivity index (χ3v) is 6.88. The molecule has 0 aliphatic heterocycles. The summed E-state index contributed by atoms with van der Waals surface area (Å²) in [6.45, 7) is 5.54. The molecule has 184 valence electrons. The van der Waals surface area contributed by atoms with Crippen molar-refractivity contribution >= 4 is 22.8 Å². The van der Waals surface area contributed by atoms with Crippen LogP contribution in [0.5, 0.6) is 5.75 Å². The van der Waals surface area contributed by atoms with Crippen molar-refractivity contribution in [3.8, 4) is 17.0 Å². The van der Waals surface area contributed by atoms with Crippen molar-refractivity contribution in [2.75, 3.05) is 6.61 Å². The number of benzene rings is 1. The number of amides is 2. The van der Waals surface area contributed by atoms with Crippen molar-refractivity contribution in [2.45, 2.75) is 65.0 Å². The summed E-state index contributed by atoms with van der Waals surface area (Å²) in [6, 6.07) is 3.50. The predicted molar refractivity (Wildman–Crippen MR) is 130 cm³/mol. The highest BCUT2D eigenvalue weighted by Gasteiger charge is 2.30. The minimum Gasteiger partial charge on any atom is -0.492 e. The highest BCUT2D eigenvalue weighted by atomic mass is 19.1. The summed E-state index contributed by atoms with van der Waals surface area (Å²) in [5.41, 5.74) is 3.12. The second-order valence-corrected chi connectivity index (χ2v) is 9.78. The lowest BCUT2D eigenvalue weighted by molar-refractivity contribution is -0.119. The van der Waals surface area contributed by atoms with Crippen LogP contribution >= 0.6 is 0 Å². The molecule has 0 radical (unpaired) electrons. The van der Waals surface area contributed by atoms with Crippen LogP contribution in [-0.4, -0.2) is 45.5 Å². The molecule has 0 bridgehead atoms. The first-order valence-electron chi connectivity index (χ1n) is 12.1. The number of rotatable bonds is 7. The highest BCUT2D eigenvalue weighted by molar-refractivity contribution is 6.09. The number of hydrogen-bond acceptors (Lipinski definition) is 5. The van der Waals surface area contributed by atoms with Crippen LogP contribution in [0.1, 0.15) is 60.6 Å². The zero-order valence-electron chi connectivity index (χ0n) is 20.2. The fraction of sp³-hybridized carbons (Fsp3) is 0.462. The number of nitrogens with one attached hydrogen (secondary N) is 3. The van der Waals surface area contributed by atoms with Crippen LogP contribution < -0.4 is 15.4 Å². The molecule has 2 amide bonds. The van der Waals surface area contributed by atoms with Crippen LogP contribution in [0.2, 0.25) is 0 Å². The average Bonchev–Trinajstić information content (AvgIpc) is 3.44. The van der Waals surface area contributed by atoms with Gasteiger partial charge in [-0.1, -0.05) is 6.07 Å². The van der Waals surface area contributed by atoms with Crippen molar-refractivity contribution in [1.82, 2.24) is 25.6 Å². The molecule has 2 atom stereocenters. The maximum atomic E-state index is 15.4. The van der Waals surface area contributed by atoms with E-state index in [9.17, 15) is 9.59 Å². The third kappa shape index (κ3) is 4.72. The fourth-order valence-corrected chi connectivity index (χ4v) is 4.87. The van der Waals surface area contributed by atoms with Crippen molar-refractivity contribution in [3.63, 3.8) is 0 Å². The lowest BCUT2D eigenvalue weighted by Crippen LogP contribution is -2.36. The topological polar surface area (TPSA) is 109 Å². The van der Waals surface area contributed by atoms with Crippen molar-refractivity contribution in [2.24, 2.45) is 5.92 Å². The molecule has 3 N–H and O–H groups in total. The molecule has 0 spiro atoms. The lowest BCUT2D eigenvalue weighted by Gasteiger charge is -2.14. The number of halogens is 1. The van der Waals surface area contributed by atoms with E-state index in [2.05, 4.69) is 25.6 Å². The van der Waals surface area contributed by atoms with Crippen molar-refractivity contribution in [1.29, 1.82) is 0 Å². The number of carbonyl (C=O) groups is 2. The quantitative estimate of drug-likeness (QED) is 0.475. The second-order valence-electron chi connectivity index (χ2n) is 9.78. The van der Waals surface area contributed by atoms with E-state index in [0.29, 0.717) is 58.2 Å². The molecular weight excluding hydrogens is 449 g/mol. The molecule has 1 aromatic carbocycles. The zero-order valence-corrected chi connectivity index (χ0v) is 20.2. The van der Waals surface area contributed by atoms with Crippen LogP contribution in [0.25, 0.3) is 22.3 Å². The molecule has 5 rings (SSSR count). The van der Waals surface area contributed by atoms with Gasteiger partial charge in [0.2, 0.25) is 5.91 Å². The van der Waals surface area contributed by atoms with Gasteiger partial charge < -0.3 is 20.4 Å². The van der Waals surface area contributed by atoms with E-state index in [4.69, 9.17) is 4.74 Å². The van der Waals surface area contributed by atoms with Gasteiger partial charge in [-0.3, -0.25) is 9.59 Å². The second kappa shape index (κ2) is 9.28. The van der Waals surface area contributed by atoms with E-state index in [1.54, 1.807) is 26.0 Å². The summed E-state index contributed by atoms with van der Waals surface area (Å²) in [7, 11) is 0. The SMILES string of the molecule is CC(=O)NC1CCC(NC(=O)c2c(C)[nH]c3c(-c4c(OCC5CC5)ccc(C)c4F)ncnc23)C1. The van der Waals surface area contributed by atoms with E-state index in [0.717, 1.165) is 25.7 Å². The third-order valence-electron chi connectivity index (χ3n) is 6.88. The Bertz CT molecular complexity index is 1300. The largest absolute Gasteiger partial charge is 0.492 e. The Morgan fingerprint density at radius 2 is 1.86 bits per heavy atom. The van der Waals surface area contributed by atoms with E-state index in [-0.39, 0.29) is 29.5 Å². The number of aromatic amines is 1. The van der Waals surface area contributed by atoms with Gasteiger partial charge in [-0.25, -0.2) is 14.4 Å². The summed E-state index contributed by atoms with van der Waals surface area (Å²) in [5.74, 6) is 0.241. The highest BCUT2D eigenvalue weighted by Crippen LogP contribution is 2.39. The van der Waals surface area contributed by atoms with Gasteiger partial charge in [0.25, 0.3) is 5.91 Å². The number of fused-ring (bicyclic) bond motifs is 1. The van der Waals surface area contributed by atoms with Crippen LogP contribution in [0.3, 0.4) is 0 Å². The van der Waals surface area contributed by atoms with Gasteiger partial charge >= 0.3 is 0 Å². The summed E-state index contributed by atoms with van der Waals surface area (Å²) in [6.07, 6.45) is 5.90. The normalized spacial score (nSPS) is 19.7. The van der Waals surface area contributed by atoms with Gasteiger partial charge in [-0.05, 0) is 63.5 Å². The first-order chi connectivity index (χ1) is 16.8. The van der Waals surface area contributed by atoms with Gasteiger partial charge in [-0.15, -0.1) is 0 Å². The van der Waals surface area contributed by atoms with Crippen LogP contribution in [0.4, 0.5) is 4.39 Å². The van der Waals surface area contributed by atoms with Crippen LogP contribution in [0.15, 0.2) is 18.5 Å².